The standard InChI is InChI=1S/C20H25N3O4/c1-5-27-16-8-6-15(7-9-16)21-13-20(24)23-22-14(2)18-11-10-17(25-3)12-19(18)26-4/h6-12,21H,5,13H2,1-4H3,(H,23,24)/b22-14+. The number of carbonyl (C=O) groups excluding carboxylic acids is 1. The molecule has 0 aromatic heterocycles. The number of hydrogen-bond acceptors (Lipinski definition) is 6. The number of ether oxygens (including phenoxy) is 3. The maximum atomic E-state index is 12.0. The average Bonchev–Trinajstić information content (AvgIpc) is 2.71. The minimum Gasteiger partial charge on any atom is -0.497 e. The van der Waals surface area contributed by atoms with Crippen molar-refractivity contribution >= 4 is 17.3 Å². The molecule has 0 aliphatic rings. The highest BCUT2D eigenvalue weighted by Crippen LogP contribution is 2.25. The summed E-state index contributed by atoms with van der Waals surface area (Å²) in [6.45, 7) is 4.45. The van der Waals surface area contributed by atoms with Gasteiger partial charge in [-0.05, 0) is 50.2 Å². The van der Waals surface area contributed by atoms with Gasteiger partial charge in [-0.25, -0.2) is 5.43 Å². The molecule has 0 aliphatic heterocycles. The molecule has 2 aromatic carbocycles. The molecule has 7 heteroatoms. The second-order valence-electron chi connectivity index (χ2n) is 5.61. The van der Waals surface area contributed by atoms with E-state index >= 15 is 0 Å². The fraction of sp³-hybridized carbons (Fsp3) is 0.300. The van der Waals surface area contributed by atoms with Crippen molar-refractivity contribution in [1.29, 1.82) is 0 Å². The third kappa shape index (κ3) is 5.91. The van der Waals surface area contributed by atoms with Crippen molar-refractivity contribution in [3.05, 3.63) is 48.0 Å². The predicted octanol–water partition coefficient (Wildman–Crippen LogP) is 3.05. The molecule has 1 amide bonds. The van der Waals surface area contributed by atoms with Gasteiger partial charge in [0.25, 0.3) is 5.91 Å². The first kappa shape index (κ1) is 20.1. The Bertz CT molecular complexity index is 788. The zero-order valence-electron chi connectivity index (χ0n) is 16.0. The van der Waals surface area contributed by atoms with Gasteiger partial charge >= 0.3 is 0 Å². The molecule has 2 rings (SSSR count). The number of methoxy groups -OCH3 is 2. The van der Waals surface area contributed by atoms with Gasteiger partial charge in [-0.1, -0.05) is 0 Å². The van der Waals surface area contributed by atoms with Gasteiger partial charge in [0.05, 0.1) is 33.1 Å². The SMILES string of the molecule is CCOc1ccc(NCC(=O)N/N=C(\C)c2ccc(OC)cc2OC)cc1. The van der Waals surface area contributed by atoms with E-state index in [9.17, 15) is 4.79 Å². The van der Waals surface area contributed by atoms with Crippen LogP contribution in [0.1, 0.15) is 19.4 Å². The van der Waals surface area contributed by atoms with E-state index < -0.39 is 0 Å². The van der Waals surface area contributed by atoms with Crippen molar-refractivity contribution in [2.75, 3.05) is 32.7 Å². The summed E-state index contributed by atoms with van der Waals surface area (Å²) in [6.07, 6.45) is 0. The van der Waals surface area contributed by atoms with Crippen molar-refractivity contribution < 1.29 is 19.0 Å². The van der Waals surface area contributed by atoms with E-state index in [-0.39, 0.29) is 12.5 Å². The Labute approximate surface area is 159 Å². The summed E-state index contributed by atoms with van der Waals surface area (Å²) in [6, 6.07) is 12.8. The normalized spacial score (nSPS) is 10.9. The van der Waals surface area contributed by atoms with Crippen LogP contribution in [0.5, 0.6) is 17.2 Å². The molecule has 144 valence electrons. The van der Waals surface area contributed by atoms with Gasteiger partial charge in [0, 0.05) is 17.3 Å². The number of hydrazone groups is 1. The smallest absolute Gasteiger partial charge is 0.259 e. The molecule has 2 aromatic rings. The van der Waals surface area contributed by atoms with E-state index in [0.717, 1.165) is 17.0 Å². The summed E-state index contributed by atoms with van der Waals surface area (Å²) in [5.41, 5.74) is 4.77. The topological polar surface area (TPSA) is 81.2 Å². The van der Waals surface area contributed by atoms with Crippen LogP contribution in [-0.2, 0) is 4.79 Å². The van der Waals surface area contributed by atoms with Crippen LogP contribution in [0.25, 0.3) is 0 Å². The van der Waals surface area contributed by atoms with Gasteiger partial charge < -0.3 is 19.5 Å². The molecular weight excluding hydrogens is 346 g/mol. The van der Waals surface area contributed by atoms with E-state index in [4.69, 9.17) is 14.2 Å². The molecule has 7 nitrogen and oxygen atoms in total. The summed E-state index contributed by atoms with van der Waals surface area (Å²) >= 11 is 0. The van der Waals surface area contributed by atoms with E-state index in [1.165, 1.54) is 0 Å². The number of amides is 1. The van der Waals surface area contributed by atoms with Crippen LogP contribution < -0.4 is 25.0 Å². The van der Waals surface area contributed by atoms with Crippen LogP contribution in [0, 0.1) is 0 Å². The van der Waals surface area contributed by atoms with Crippen LogP contribution in [0.2, 0.25) is 0 Å². The Morgan fingerprint density at radius 1 is 1.04 bits per heavy atom. The minimum atomic E-state index is -0.254. The summed E-state index contributed by atoms with van der Waals surface area (Å²) < 4.78 is 15.9. The Morgan fingerprint density at radius 2 is 1.74 bits per heavy atom. The first-order valence-corrected chi connectivity index (χ1v) is 8.59. The minimum absolute atomic E-state index is 0.102. The summed E-state index contributed by atoms with van der Waals surface area (Å²) in [5.74, 6) is 1.85. The van der Waals surface area contributed by atoms with E-state index in [2.05, 4.69) is 15.8 Å². The molecule has 2 N–H and O–H groups in total. The van der Waals surface area contributed by atoms with Crippen LogP contribution in [-0.4, -0.2) is 39.0 Å². The highest BCUT2D eigenvalue weighted by atomic mass is 16.5. The van der Waals surface area contributed by atoms with Gasteiger partial charge in [0.15, 0.2) is 0 Å². The molecular formula is C20H25N3O4. The quantitative estimate of drug-likeness (QED) is 0.523. The van der Waals surface area contributed by atoms with Gasteiger partial charge in [0.1, 0.15) is 17.2 Å². The number of rotatable bonds is 9. The molecule has 0 radical (unpaired) electrons. The number of carbonyl (C=O) groups is 1. The second kappa shape index (κ2) is 10.1. The van der Waals surface area contributed by atoms with Crippen molar-refractivity contribution in [2.45, 2.75) is 13.8 Å². The summed E-state index contributed by atoms with van der Waals surface area (Å²) in [7, 11) is 3.16. The maximum Gasteiger partial charge on any atom is 0.259 e. The van der Waals surface area contributed by atoms with Crippen LogP contribution in [0.15, 0.2) is 47.6 Å². The first-order chi connectivity index (χ1) is 13.1. The lowest BCUT2D eigenvalue weighted by Gasteiger charge is -2.10. The van der Waals surface area contributed by atoms with Crippen molar-refractivity contribution in [1.82, 2.24) is 5.43 Å². The van der Waals surface area contributed by atoms with Crippen LogP contribution in [0.4, 0.5) is 5.69 Å². The summed E-state index contributed by atoms with van der Waals surface area (Å²) in [5, 5.41) is 7.18. The number of hydrogen-bond donors (Lipinski definition) is 2. The Morgan fingerprint density at radius 3 is 2.37 bits per heavy atom. The van der Waals surface area contributed by atoms with E-state index in [1.54, 1.807) is 27.2 Å². The van der Waals surface area contributed by atoms with Crippen LogP contribution >= 0.6 is 0 Å². The highest BCUT2D eigenvalue weighted by molar-refractivity contribution is 6.01. The molecule has 0 aliphatic carbocycles. The Balaban J connectivity index is 1.91. The molecule has 0 spiro atoms. The lowest BCUT2D eigenvalue weighted by molar-refractivity contribution is -0.119. The zero-order valence-corrected chi connectivity index (χ0v) is 16.0. The molecule has 0 saturated carbocycles. The molecule has 27 heavy (non-hydrogen) atoms. The fourth-order valence-corrected chi connectivity index (χ4v) is 2.36. The van der Waals surface area contributed by atoms with Crippen molar-refractivity contribution in [3.63, 3.8) is 0 Å². The number of nitrogens with zero attached hydrogens (tertiary/aromatic N) is 1. The third-order valence-corrected chi connectivity index (χ3v) is 3.77. The number of nitrogens with one attached hydrogen (secondary N) is 2. The maximum absolute atomic E-state index is 12.0. The predicted molar refractivity (Wildman–Crippen MR) is 106 cm³/mol. The lowest BCUT2D eigenvalue weighted by Crippen LogP contribution is -2.26. The van der Waals surface area contributed by atoms with E-state index in [1.807, 2.05) is 43.3 Å². The highest BCUT2D eigenvalue weighted by Gasteiger charge is 2.09. The molecule has 0 fully saturated rings. The number of anilines is 1. The van der Waals surface area contributed by atoms with Gasteiger partial charge in [-0.15, -0.1) is 0 Å². The first-order valence-electron chi connectivity index (χ1n) is 8.59. The second-order valence-corrected chi connectivity index (χ2v) is 5.61. The van der Waals surface area contributed by atoms with E-state index in [0.29, 0.717) is 23.8 Å². The third-order valence-electron chi connectivity index (χ3n) is 3.77. The summed E-state index contributed by atoms with van der Waals surface area (Å²) in [4.78, 5) is 12.0. The molecule has 0 saturated heterocycles. The number of benzene rings is 2. The molecule has 0 heterocycles. The van der Waals surface area contributed by atoms with Gasteiger partial charge in [-0.2, -0.15) is 5.10 Å². The Hall–Kier alpha value is -3.22. The monoisotopic (exact) mass is 371 g/mol. The van der Waals surface area contributed by atoms with Crippen molar-refractivity contribution in [3.8, 4) is 17.2 Å². The average molecular weight is 371 g/mol. The molecule has 0 atom stereocenters. The molecule has 0 unspecified atom stereocenters. The van der Waals surface area contributed by atoms with Crippen molar-refractivity contribution in [2.24, 2.45) is 5.10 Å². The van der Waals surface area contributed by atoms with Crippen LogP contribution in [0.3, 0.4) is 0 Å². The molecule has 0 bridgehead atoms. The Kier molecular flexibility index (Phi) is 7.49. The largest absolute Gasteiger partial charge is 0.497 e. The van der Waals surface area contributed by atoms with Gasteiger partial charge in [0.2, 0.25) is 0 Å². The lowest BCUT2D eigenvalue weighted by atomic mass is 10.1. The van der Waals surface area contributed by atoms with Gasteiger partial charge in [-0.3, -0.25) is 4.79 Å². The fourth-order valence-electron chi connectivity index (χ4n) is 2.36. The zero-order chi connectivity index (χ0) is 19.6.